The van der Waals surface area contributed by atoms with Gasteiger partial charge in [0.05, 0.1) is 85.6 Å². The van der Waals surface area contributed by atoms with Crippen molar-refractivity contribution in [2.45, 2.75) is 464 Å². The Labute approximate surface area is 845 Å². The highest BCUT2D eigenvalue weighted by atomic mass is 16.6. The zero-order valence-corrected chi connectivity index (χ0v) is 89.2. The summed E-state index contributed by atoms with van der Waals surface area (Å²) < 4.78 is 55.8. The predicted molar refractivity (Wildman–Crippen MR) is 563 cm³/mol. The molecule has 26 heteroatoms. The van der Waals surface area contributed by atoms with Gasteiger partial charge in [0.2, 0.25) is 35.4 Å². The first-order valence-electron chi connectivity index (χ1n) is 56.6. The largest absolute Gasteiger partial charge is 0.464 e. The van der Waals surface area contributed by atoms with Crippen LogP contribution in [-0.4, -0.2) is 227 Å². The molecule has 808 valence electrons. The summed E-state index contributed by atoms with van der Waals surface area (Å²) >= 11 is 0. The number of carbonyl (C=O) groups excluding carboxylic acids is 10. The average Bonchev–Trinajstić information content (AvgIpc) is 0.913. The fraction of sp³-hybridized carbons (Fsp3) is 0.841. The molecule has 0 aromatic carbocycles. The zero-order valence-electron chi connectivity index (χ0n) is 89.2. The Bertz CT molecular complexity index is 2860. The molecule has 26 nitrogen and oxygen atoms in total. The van der Waals surface area contributed by atoms with Crippen molar-refractivity contribution < 1.29 is 95.3 Å². The van der Waals surface area contributed by atoms with Crippen molar-refractivity contribution in [1.29, 1.82) is 0 Å². The first-order chi connectivity index (χ1) is 68.2. The van der Waals surface area contributed by atoms with Crippen LogP contribution in [0.15, 0.2) is 48.6 Å². The van der Waals surface area contributed by atoms with E-state index in [1.165, 1.54) is 164 Å². The highest BCUT2D eigenvalue weighted by Crippen LogP contribution is 2.18. The van der Waals surface area contributed by atoms with Gasteiger partial charge in [0, 0.05) is 97.2 Å². The van der Waals surface area contributed by atoms with E-state index < -0.39 is 23.8 Å². The molecule has 0 fully saturated rings. The lowest BCUT2D eigenvalue weighted by atomic mass is 10.1. The number of esters is 4. The summed E-state index contributed by atoms with van der Waals surface area (Å²) in [4.78, 5) is 136. The number of hydrogen-bond donors (Lipinski definition) is 4. The first kappa shape index (κ1) is 132. The molecule has 0 unspecified atom stereocenters. The highest BCUT2D eigenvalue weighted by molar-refractivity contribution is 5.89. The molecule has 0 radical (unpaired) electrons. The summed E-state index contributed by atoms with van der Waals surface area (Å²) in [7, 11) is 0. The van der Waals surface area contributed by atoms with Gasteiger partial charge in [-0.3, -0.25) is 47.9 Å². The third-order valence-corrected chi connectivity index (χ3v) is 24.5. The van der Waals surface area contributed by atoms with Gasteiger partial charge in [-0.2, -0.15) is 0 Å². The molecule has 139 heavy (non-hydrogen) atoms. The van der Waals surface area contributed by atoms with Crippen molar-refractivity contribution in [2.24, 2.45) is 0 Å². The van der Waals surface area contributed by atoms with Gasteiger partial charge < -0.3 is 78.4 Å². The molecule has 0 heterocycles. The third-order valence-electron chi connectivity index (χ3n) is 24.5. The van der Waals surface area contributed by atoms with E-state index in [-0.39, 0.29) is 172 Å². The van der Waals surface area contributed by atoms with Gasteiger partial charge in [-0.15, -0.1) is 0 Å². The number of allylic oxidation sites excluding steroid dienone is 8. The standard InChI is InChI=1S/C113H206N6O20/c1-6-11-15-19-23-27-31-35-39-43-47-51-55-59-63-72-109(125)136-91-84-118(85-92-137-110(126)73-64-60-56-52-48-44-40-36-32-28-24-20-16-12-7-2)107(123)78-76-104(120)114-81-68-67-71-103(113(129)116-83-70-89-132-98-101-135-100-97-131-88-69-82-115-105(121)80-90-133-99-102-134-96-95-130-10-5)117-106(122)77-79-108(124)119(86-93-138-111(127)74-65-61-57-53-49-45-41-37-33-29-25-21-17-13-8-3)87-94-139-112(128)75-66-62-58-54-50-46-42-38-34-30-26-22-18-14-9-4/h35-42,103H,6-34,43-102H2,1-5H3,(H,114,120)(H,115,121)(H,116,129)(H,117,122)/b39-35-,40-36-,41-37-,42-38-/t103-/m0/s1. The fourth-order valence-electron chi connectivity index (χ4n) is 15.8. The zero-order chi connectivity index (χ0) is 101. The Morgan fingerprint density at radius 1 is 0.223 bits per heavy atom. The van der Waals surface area contributed by atoms with E-state index in [0.29, 0.717) is 137 Å². The van der Waals surface area contributed by atoms with Crippen LogP contribution in [0.5, 0.6) is 0 Å². The minimum absolute atomic E-state index is 0.0255. The number of rotatable bonds is 109. The second-order valence-corrected chi connectivity index (χ2v) is 37.3. The van der Waals surface area contributed by atoms with E-state index in [1.807, 2.05) is 6.92 Å². The van der Waals surface area contributed by atoms with Crippen molar-refractivity contribution in [3.63, 3.8) is 0 Å². The lowest BCUT2D eigenvalue weighted by Crippen LogP contribution is -2.47. The minimum Gasteiger partial charge on any atom is -0.464 e. The van der Waals surface area contributed by atoms with Crippen LogP contribution in [-0.2, 0) is 95.3 Å². The molecular weight excluding hydrogens is 1760 g/mol. The van der Waals surface area contributed by atoms with Crippen molar-refractivity contribution in [1.82, 2.24) is 31.1 Å². The number of nitrogens with one attached hydrogen (secondary N) is 4. The van der Waals surface area contributed by atoms with Crippen LogP contribution in [0.4, 0.5) is 0 Å². The molecule has 0 saturated carbocycles. The summed E-state index contributed by atoms with van der Waals surface area (Å²) in [5, 5.41) is 11.5. The van der Waals surface area contributed by atoms with Crippen molar-refractivity contribution >= 4 is 59.3 Å². The minimum atomic E-state index is -1.01. The second kappa shape index (κ2) is 109. The maximum Gasteiger partial charge on any atom is 0.305 e. The predicted octanol–water partition coefficient (Wildman–Crippen LogP) is 23.8. The number of nitrogens with zero attached hydrogens (tertiary/aromatic N) is 2. The van der Waals surface area contributed by atoms with Gasteiger partial charge in [-0.25, -0.2) is 0 Å². The monoisotopic (exact) mass is 1970 g/mol. The van der Waals surface area contributed by atoms with Gasteiger partial charge in [0.1, 0.15) is 32.5 Å². The molecule has 4 N–H and O–H groups in total. The Morgan fingerprint density at radius 2 is 0.475 bits per heavy atom. The Hall–Kier alpha value is -6.58. The van der Waals surface area contributed by atoms with Gasteiger partial charge in [-0.1, -0.05) is 282 Å². The van der Waals surface area contributed by atoms with Crippen LogP contribution in [0.1, 0.15) is 458 Å². The average molecular weight is 1970 g/mol. The summed E-state index contributed by atoms with van der Waals surface area (Å²) in [5.74, 6) is -3.60. The number of amides is 6. The summed E-state index contributed by atoms with van der Waals surface area (Å²) in [6.07, 6.45) is 80.7. The molecule has 0 bridgehead atoms. The fourth-order valence-corrected chi connectivity index (χ4v) is 15.8. The van der Waals surface area contributed by atoms with E-state index in [4.69, 9.17) is 47.4 Å². The molecule has 0 aliphatic carbocycles. The van der Waals surface area contributed by atoms with Crippen LogP contribution < -0.4 is 21.3 Å². The van der Waals surface area contributed by atoms with Crippen molar-refractivity contribution in [3.8, 4) is 0 Å². The smallest absolute Gasteiger partial charge is 0.305 e. The highest BCUT2D eigenvalue weighted by Gasteiger charge is 2.24. The molecule has 0 rings (SSSR count). The first-order valence-corrected chi connectivity index (χ1v) is 56.6. The van der Waals surface area contributed by atoms with Gasteiger partial charge in [-0.05, 0) is 167 Å². The summed E-state index contributed by atoms with van der Waals surface area (Å²) in [6.45, 7) is 16.8. The Balaban J connectivity index is 6.00. The molecule has 6 amide bonds. The van der Waals surface area contributed by atoms with Crippen LogP contribution in [0, 0.1) is 0 Å². The maximum absolute atomic E-state index is 14.1. The van der Waals surface area contributed by atoms with Crippen LogP contribution in [0.25, 0.3) is 0 Å². The molecule has 1 atom stereocenters. The van der Waals surface area contributed by atoms with Crippen molar-refractivity contribution in [2.75, 3.05) is 152 Å². The van der Waals surface area contributed by atoms with Crippen molar-refractivity contribution in [3.05, 3.63) is 48.6 Å². The van der Waals surface area contributed by atoms with Gasteiger partial charge in [0.15, 0.2) is 0 Å². The quantitative estimate of drug-likeness (QED) is 0.0190. The number of carbonyl (C=O) groups is 10. The molecular formula is C113H206N6O20. The molecule has 0 aliphatic rings. The normalized spacial score (nSPS) is 11.8. The van der Waals surface area contributed by atoms with Gasteiger partial charge >= 0.3 is 23.9 Å². The molecule has 0 spiro atoms. The van der Waals surface area contributed by atoms with E-state index in [1.54, 1.807) is 0 Å². The van der Waals surface area contributed by atoms with Crippen LogP contribution >= 0.6 is 0 Å². The van der Waals surface area contributed by atoms with E-state index in [0.717, 1.165) is 154 Å². The Morgan fingerprint density at radius 3 is 0.784 bits per heavy atom. The molecule has 0 aromatic rings. The summed E-state index contributed by atoms with van der Waals surface area (Å²) in [6, 6.07) is -1.01. The van der Waals surface area contributed by atoms with E-state index in [2.05, 4.69) is 97.6 Å². The van der Waals surface area contributed by atoms with E-state index in [9.17, 15) is 47.9 Å². The van der Waals surface area contributed by atoms with E-state index >= 15 is 0 Å². The third kappa shape index (κ3) is 99.9. The Kier molecular flexibility index (Phi) is 104. The number of hydrogen-bond acceptors (Lipinski definition) is 20. The second-order valence-electron chi connectivity index (χ2n) is 37.3. The number of unbranched alkanes of at least 4 members (excludes halogenated alkanes) is 45. The maximum atomic E-state index is 14.1. The topological polar surface area (TPSA) is 318 Å². The lowest BCUT2D eigenvalue weighted by molar-refractivity contribution is -0.148. The number of ether oxygens (including phenoxy) is 10. The molecule has 0 saturated heterocycles. The lowest BCUT2D eigenvalue weighted by Gasteiger charge is -2.23. The SMILES string of the molecule is CCCCCCCC/C=C\CCCCCCCC(=O)OCCN(CCOC(=O)CCCCCCC/C=C\CCCCCCCC)C(=O)CCC(=O)NCCCC[C@H](NC(=O)CCC(=O)N(CCOC(=O)CCCCCCC/C=C\CCCCCCCC)CCOC(=O)CCCCCCC/C=C\CCCCCCCC)C(=O)NCCCOCCOCCOCCCNC(=O)CCOCCOCCOCC. The molecule has 0 aromatic heterocycles. The summed E-state index contributed by atoms with van der Waals surface area (Å²) in [5.41, 5.74) is 0. The molecule has 0 aliphatic heterocycles. The van der Waals surface area contributed by atoms with Gasteiger partial charge in [0.25, 0.3) is 0 Å². The van der Waals surface area contributed by atoms with Crippen LogP contribution in [0.2, 0.25) is 0 Å². The van der Waals surface area contributed by atoms with Crippen LogP contribution in [0.3, 0.4) is 0 Å².